The van der Waals surface area contributed by atoms with E-state index >= 15 is 0 Å². The number of ether oxygens (including phenoxy) is 1. The van der Waals surface area contributed by atoms with Crippen molar-refractivity contribution >= 4 is 5.97 Å². The first-order chi connectivity index (χ1) is 5.04. The second-order valence-corrected chi connectivity index (χ2v) is 2.25. The molecule has 0 unspecified atom stereocenters. The molecule has 6 nitrogen and oxygen atoms in total. The quantitative estimate of drug-likeness (QED) is 0.283. The van der Waals surface area contributed by atoms with E-state index in [4.69, 9.17) is 20.4 Å². The maximum Gasteiger partial charge on any atom is 0.340 e. The van der Waals surface area contributed by atoms with Gasteiger partial charge in [-0.1, -0.05) is 0 Å². The summed E-state index contributed by atoms with van der Waals surface area (Å²) in [5.41, 5.74) is 0. The first-order valence-corrected chi connectivity index (χ1v) is 2.97. The van der Waals surface area contributed by atoms with E-state index in [2.05, 4.69) is 4.74 Å². The van der Waals surface area contributed by atoms with E-state index in [-0.39, 0.29) is 0 Å². The highest BCUT2D eigenvalue weighted by Crippen LogP contribution is 2.14. The van der Waals surface area contributed by atoms with Crippen molar-refractivity contribution in [2.24, 2.45) is 0 Å². The van der Waals surface area contributed by atoms with Crippen molar-refractivity contribution in [3.05, 3.63) is 0 Å². The Hall–Kier alpha value is -0.690. The zero-order valence-corrected chi connectivity index (χ0v) is 5.41. The average Bonchev–Trinajstić information content (AvgIpc) is 1.97. The summed E-state index contributed by atoms with van der Waals surface area (Å²) in [6.07, 6.45) is -6.89. The van der Waals surface area contributed by atoms with Gasteiger partial charge in [0.1, 0.15) is 12.2 Å². The second-order valence-electron chi connectivity index (χ2n) is 2.25. The van der Waals surface area contributed by atoms with E-state index in [1.165, 1.54) is 0 Å². The van der Waals surface area contributed by atoms with Crippen LogP contribution in [0.2, 0.25) is 0 Å². The predicted octanol–water partition coefficient (Wildman–Crippen LogP) is -3.06. The first-order valence-electron chi connectivity index (χ1n) is 2.97. The Bertz CT molecular complexity index is 168. The van der Waals surface area contributed by atoms with E-state index in [9.17, 15) is 4.79 Å². The number of carbonyl (C=O) groups is 1. The van der Waals surface area contributed by atoms with E-state index in [0.29, 0.717) is 0 Å². The normalized spacial score (nSPS) is 45.3. The number of esters is 1. The van der Waals surface area contributed by atoms with Gasteiger partial charge in [-0.25, -0.2) is 4.79 Å². The number of cyclic esters (lactones) is 1. The molecule has 0 bridgehead atoms. The summed E-state index contributed by atoms with van der Waals surface area (Å²) in [4.78, 5) is 10.5. The fourth-order valence-corrected chi connectivity index (χ4v) is 0.753. The molecule has 0 spiro atoms. The van der Waals surface area contributed by atoms with Gasteiger partial charge >= 0.3 is 5.97 Å². The van der Waals surface area contributed by atoms with Gasteiger partial charge in [0.05, 0.1) is 0 Å². The van der Waals surface area contributed by atoms with Gasteiger partial charge in [0, 0.05) is 0 Å². The Labute approximate surface area is 61.6 Å². The Kier molecular flexibility index (Phi) is 2.10. The molecule has 1 heterocycles. The highest BCUT2D eigenvalue weighted by Gasteiger charge is 2.42. The zero-order chi connectivity index (χ0) is 8.59. The van der Waals surface area contributed by atoms with Crippen LogP contribution in [0.25, 0.3) is 0 Å². The predicted molar refractivity (Wildman–Crippen MR) is 30.1 cm³/mol. The van der Waals surface area contributed by atoms with Crippen LogP contribution in [0.1, 0.15) is 0 Å². The number of rotatable bonds is 0. The van der Waals surface area contributed by atoms with Crippen LogP contribution in [-0.2, 0) is 9.53 Å². The van der Waals surface area contributed by atoms with Gasteiger partial charge in [-0.2, -0.15) is 0 Å². The maximum absolute atomic E-state index is 10.5. The lowest BCUT2D eigenvalue weighted by atomic mass is 10.1. The third-order valence-electron chi connectivity index (χ3n) is 1.44. The highest BCUT2D eigenvalue weighted by atomic mass is 16.7. The smallest absolute Gasteiger partial charge is 0.340 e. The zero-order valence-electron chi connectivity index (χ0n) is 5.41. The Morgan fingerprint density at radius 3 is 2.18 bits per heavy atom. The van der Waals surface area contributed by atoms with Gasteiger partial charge in [0.15, 0.2) is 6.10 Å². The van der Waals surface area contributed by atoms with Gasteiger partial charge in [0.25, 0.3) is 0 Å². The fourth-order valence-electron chi connectivity index (χ4n) is 0.753. The van der Waals surface area contributed by atoms with Gasteiger partial charge in [-0.05, 0) is 0 Å². The molecule has 0 saturated carbocycles. The average molecular weight is 164 g/mol. The van der Waals surface area contributed by atoms with Crippen molar-refractivity contribution in [2.75, 3.05) is 0 Å². The summed E-state index contributed by atoms with van der Waals surface area (Å²) < 4.78 is 4.04. The molecule has 1 aliphatic rings. The third kappa shape index (κ3) is 1.33. The van der Waals surface area contributed by atoms with Gasteiger partial charge in [0.2, 0.25) is 6.29 Å². The molecule has 0 aromatic carbocycles. The lowest BCUT2D eigenvalue weighted by Gasteiger charge is -2.30. The summed E-state index contributed by atoms with van der Waals surface area (Å²) in [6.45, 7) is 0. The molecule has 64 valence electrons. The summed E-state index contributed by atoms with van der Waals surface area (Å²) in [6, 6.07) is 0. The van der Waals surface area contributed by atoms with E-state index in [1.54, 1.807) is 0 Å². The maximum atomic E-state index is 10.5. The minimum Gasteiger partial charge on any atom is -0.431 e. The number of aliphatic hydroxyl groups excluding tert-OH is 4. The van der Waals surface area contributed by atoms with Crippen LogP contribution in [0.3, 0.4) is 0 Å². The number of hydrogen-bond acceptors (Lipinski definition) is 6. The monoisotopic (exact) mass is 164 g/mol. The number of aliphatic hydroxyl groups is 4. The molecule has 4 N–H and O–H groups in total. The summed E-state index contributed by atoms with van der Waals surface area (Å²) in [5, 5.41) is 35.0. The molecule has 0 aromatic heterocycles. The fraction of sp³-hybridized carbons (Fsp3) is 0.800. The minimum atomic E-state index is -1.78. The van der Waals surface area contributed by atoms with Crippen LogP contribution in [0.15, 0.2) is 0 Å². The van der Waals surface area contributed by atoms with Crippen LogP contribution in [0, 0.1) is 0 Å². The molecule has 0 amide bonds. The molecule has 0 radical (unpaired) electrons. The summed E-state index contributed by atoms with van der Waals surface area (Å²) >= 11 is 0. The Balaban J connectivity index is 2.70. The van der Waals surface area contributed by atoms with Crippen molar-refractivity contribution in [3.8, 4) is 0 Å². The van der Waals surface area contributed by atoms with E-state index in [0.717, 1.165) is 0 Å². The molecular weight excluding hydrogens is 156 g/mol. The van der Waals surface area contributed by atoms with Crippen molar-refractivity contribution in [2.45, 2.75) is 24.6 Å². The molecule has 0 aromatic rings. The highest BCUT2D eigenvalue weighted by molar-refractivity contribution is 5.76. The SMILES string of the molecule is O=C1O[C@@H](O)[C@H](O)[C@@H](O)[C@@H]1O. The minimum absolute atomic E-state index is 1.14. The molecule has 6 heteroatoms. The molecule has 1 saturated heterocycles. The largest absolute Gasteiger partial charge is 0.431 e. The Morgan fingerprint density at radius 1 is 1.09 bits per heavy atom. The van der Waals surface area contributed by atoms with Crippen LogP contribution in [0.4, 0.5) is 0 Å². The topological polar surface area (TPSA) is 107 Å². The third-order valence-corrected chi connectivity index (χ3v) is 1.44. The number of carbonyl (C=O) groups excluding carboxylic acids is 1. The standard InChI is InChI=1S/C5H8O6/c6-1-2(7)4(9)11-5(10)3(1)8/h1-4,6-9H/t1-,2-,3+,4-/m1/s1. The summed E-state index contributed by atoms with van der Waals surface area (Å²) in [5.74, 6) is -1.14. The molecular formula is C5H8O6. The van der Waals surface area contributed by atoms with Gasteiger partial charge in [-0.3, -0.25) is 0 Å². The van der Waals surface area contributed by atoms with Crippen molar-refractivity contribution < 1.29 is 30.0 Å². The van der Waals surface area contributed by atoms with Crippen molar-refractivity contribution in [1.82, 2.24) is 0 Å². The van der Waals surface area contributed by atoms with E-state index < -0.39 is 30.6 Å². The van der Waals surface area contributed by atoms with E-state index in [1.807, 2.05) is 0 Å². The summed E-state index contributed by atoms with van der Waals surface area (Å²) in [7, 11) is 0. The molecule has 0 aliphatic carbocycles. The molecule has 1 rings (SSSR count). The van der Waals surface area contributed by atoms with Gasteiger partial charge in [-0.15, -0.1) is 0 Å². The first kappa shape index (κ1) is 8.41. The van der Waals surface area contributed by atoms with Crippen LogP contribution in [0.5, 0.6) is 0 Å². The van der Waals surface area contributed by atoms with Crippen molar-refractivity contribution in [3.63, 3.8) is 0 Å². The Morgan fingerprint density at radius 2 is 1.64 bits per heavy atom. The van der Waals surface area contributed by atoms with Gasteiger partial charge < -0.3 is 25.2 Å². The lowest BCUT2D eigenvalue weighted by Crippen LogP contribution is -2.55. The van der Waals surface area contributed by atoms with Crippen LogP contribution >= 0.6 is 0 Å². The molecule has 4 atom stereocenters. The molecule has 1 aliphatic heterocycles. The molecule has 11 heavy (non-hydrogen) atoms. The lowest BCUT2D eigenvalue weighted by molar-refractivity contribution is -0.241. The second kappa shape index (κ2) is 2.74. The van der Waals surface area contributed by atoms with Crippen LogP contribution < -0.4 is 0 Å². The molecule has 1 fully saturated rings. The number of hydrogen-bond donors (Lipinski definition) is 4. The van der Waals surface area contributed by atoms with Crippen molar-refractivity contribution in [1.29, 1.82) is 0 Å². The van der Waals surface area contributed by atoms with Crippen LogP contribution in [-0.4, -0.2) is 51.0 Å².